The Morgan fingerprint density at radius 3 is 2.71 bits per heavy atom. The van der Waals surface area contributed by atoms with Crippen LogP contribution in [0.1, 0.15) is 48.9 Å². The van der Waals surface area contributed by atoms with E-state index in [9.17, 15) is 13.2 Å². The van der Waals surface area contributed by atoms with E-state index in [2.05, 4.69) is 10.2 Å². The van der Waals surface area contributed by atoms with Crippen LogP contribution >= 0.6 is 11.6 Å². The molecule has 1 aromatic carbocycles. The number of rotatable bonds is 6. The quantitative estimate of drug-likeness (QED) is 0.561. The molecule has 1 atom stereocenters. The first-order valence-corrected chi connectivity index (χ1v) is 12.1. The normalized spacial score (nSPS) is 17.0. The third-order valence-corrected chi connectivity index (χ3v) is 8.18. The van der Waals surface area contributed by atoms with Crippen molar-refractivity contribution < 1.29 is 13.2 Å². The molecule has 4 rings (SSSR count). The van der Waals surface area contributed by atoms with Gasteiger partial charge in [-0.1, -0.05) is 31.5 Å². The van der Waals surface area contributed by atoms with E-state index in [0.717, 1.165) is 18.5 Å². The van der Waals surface area contributed by atoms with Crippen molar-refractivity contribution in [3.8, 4) is 0 Å². The topological polar surface area (TPSA) is 87.9 Å². The van der Waals surface area contributed by atoms with Gasteiger partial charge < -0.3 is 4.90 Å². The zero-order valence-electron chi connectivity index (χ0n) is 17.4. The zero-order valence-corrected chi connectivity index (χ0v) is 19.0. The molecular formula is C21H24ClN5O3S. The number of likely N-dealkylation sites (tertiary alicyclic amines) is 1. The van der Waals surface area contributed by atoms with E-state index in [1.807, 2.05) is 28.8 Å². The molecule has 3 heterocycles. The molecule has 3 aromatic rings. The van der Waals surface area contributed by atoms with Crippen molar-refractivity contribution in [2.24, 2.45) is 0 Å². The van der Waals surface area contributed by atoms with Crippen LogP contribution in [0.3, 0.4) is 0 Å². The lowest BCUT2D eigenvalue weighted by Gasteiger charge is -2.24. The van der Waals surface area contributed by atoms with Gasteiger partial charge in [-0.25, -0.2) is 8.42 Å². The van der Waals surface area contributed by atoms with Crippen LogP contribution in [-0.2, 0) is 10.0 Å². The minimum Gasteiger partial charge on any atom is -0.328 e. The Kier molecular flexibility index (Phi) is 6.00. The van der Waals surface area contributed by atoms with Crippen molar-refractivity contribution in [1.82, 2.24) is 23.8 Å². The molecular weight excluding hydrogens is 438 g/mol. The van der Waals surface area contributed by atoms with E-state index in [1.165, 1.54) is 16.4 Å². The number of aromatic nitrogens is 3. The van der Waals surface area contributed by atoms with Gasteiger partial charge in [-0.2, -0.15) is 4.31 Å². The highest BCUT2D eigenvalue weighted by molar-refractivity contribution is 7.89. The summed E-state index contributed by atoms with van der Waals surface area (Å²) in [6, 6.07) is 9.84. The highest BCUT2D eigenvalue weighted by Crippen LogP contribution is 2.33. The van der Waals surface area contributed by atoms with Crippen molar-refractivity contribution in [2.45, 2.75) is 37.6 Å². The third kappa shape index (κ3) is 3.81. The van der Waals surface area contributed by atoms with E-state index in [1.54, 1.807) is 24.8 Å². The number of halogens is 1. The maximum Gasteiger partial charge on any atom is 0.254 e. The van der Waals surface area contributed by atoms with Crippen LogP contribution in [-0.4, -0.2) is 57.8 Å². The molecule has 0 aliphatic carbocycles. The summed E-state index contributed by atoms with van der Waals surface area (Å²) >= 11 is 6.23. The van der Waals surface area contributed by atoms with Gasteiger partial charge in [-0.05, 0) is 43.2 Å². The Morgan fingerprint density at radius 2 is 1.97 bits per heavy atom. The first-order valence-electron chi connectivity index (χ1n) is 10.3. The van der Waals surface area contributed by atoms with Gasteiger partial charge in [0.15, 0.2) is 11.5 Å². The molecule has 0 bridgehead atoms. The van der Waals surface area contributed by atoms with Gasteiger partial charge in [0.1, 0.15) is 4.90 Å². The summed E-state index contributed by atoms with van der Waals surface area (Å²) in [7, 11) is -3.79. The molecule has 1 saturated heterocycles. The number of carbonyl (C=O) groups is 1. The minimum atomic E-state index is -3.79. The van der Waals surface area contributed by atoms with Crippen molar-refractivity contribution in [3.63, 3.8) is 0 Å². The Bertz CT molecular complexity index is 1220. The second kappa shape index (κ2) is 8.57. The predicted octanol–water partition coefficient (Wildman–Crippen LogP) is 3.39. The Hall–Kier alpha value is -2.49. The summed E-state index contributed by atoms with van der Waals surface area (Å²) in [4.78, 5) is 15.1. The number of amides is 1. The summed E-state index contributed by atoms with van der Waals surface area (Å²) in [5.41, 5.74) is 1.01. The first kappa shape index (κ1) is 21.7. The number of fused-ring (bicyclic) bond motifs is 1. The molecule has 1 aliphatic heterocycles. The maximum absolute atomic E-state index is 13.4. The number of pyridine rings is 1. The Labute approximate surface area is 186 Å². The van der Waals surface area contributed by atoms with Gasteiger partial charge in [0.05, 0.1) is 11.1 Å². The van der Waals surface area contributed by atoms with Gasteiger partial charge in [0.2, 0.25) is 10.0 Å². The van der Waals surface area contributed by atoms with E-state index >= 15 is 0 Å². The highest BCUT2D eigenvalue weighted by atomic mass is 35.5. The molecule has 1 amide bonds. The standard InChI is InChI=1S/C21H24ClN5O3S/c1-3-25(4-2)31(29,30)18-14-15(10-11-16(18)22)21(28)26-13-7-8-17(26)20-24-23-19-9-5-6-12-27(19)20/h5-6,9-12,14,17H,3-4,7-8,13H2,1-2H3/t17-/m0/s1. The van der Waals surface area contributed by atoms with E-state index in [-0.39, 0.29) is 27.4 Å². The van der Waals surface area contributed by atoms with E-state index < -0.39 is 10.0 Å². The van der Waals surface area contributed by atoms with Crippen LogP contribution in [0.2, 0.25) is 5.02 Å². The minimum absolute atomic E-state index is 0.0487. The lowest BCUT2D eigenvalue weighted by Crippen LogP contribution is -2.33. The van der Waals surface area contributed by atoms with Crippen LogP contribution < -0.4 is 0 Å². The fourth-order valence-corrected chi connectivity index (χ4v) is 6.03. The number of sulfonamides is 1. The van der Waals surface area contributed by atoms with Gasteiger partial charge >= 0.3 is 0 Å². The number of hydrogen-bond acceptors (Lipinski definition) is 5. The third-order valence-electron chi connectivity index (χ3n) is 5.65. The molecule has 0 unspecified atom stereocenters. The summed E-state index contributed by atoms with van der Waals surface area (Å²) in [5.74, 6) is 0.453. The van der Waals surface area contributed by atoms with E-state index in [4.69, 9.17) is 11.6 Å². The highest BCUT2D eigenvalue weighted by Gasteiger charge is 2.34. The van der Waals surface area contributed by atoms with Gasteiger partial charge in [0.25, 0.3) is 5.91 Å². The summed E-state index contributed by atoms with van der Waals surface area (Å²) in [5, 5.41) is 8.62. The molecule has 0 N–H and O–H groups in total. The van der Waals surface area contributed by atoms with Gasteiger partial charge in [-0.3, -0.25) is 9.20 Å². The van der Waals surface area contributed by atoms with Crippen LogP contribution in [0.25, 0.3) is 5.65 Å². The second-order valence-electron chi connectivity index (χ2n) is 7.38. The van der Waals surface area contributed by atoms with E-state index in [0.29, 0.717) is 25.5 Å². The largest absolute Gasteiger partial charge is 0.328 e. The maximum atomic E-state index is 13.4. The molecule has 0 radical (unpaired) electrons. The molecule has 1 aliphatic rings. The van der Waals surface area contributed by atoms with Crippen LogP contribution in [0, 0.1) is 0 Å². The van der Waals surface area contributed by atoms with Crippen LogP contribution in [0.15, 0.2) is 47.5 Å². The SMILES string of the molecule is CCN(CC)S(=O)(=O)c1cc(C(=O)N2CCC[C@H]2c2nnc3ccccn23)ccc1Cl. The molecule has 10 heteroatoms. The molecule has 2 aromatic heterocycles. The summed E-state index contributed by atoms with van der Waals surface area (Å²) in [6.07, 6.45) is 3.47. The predicted molar refractivity (Wildman–Crippen MR) is 118 cm³/mol. The second-order valence-corrected chi connectivity index (χ2v) is 9.69. The first-order chi connectivity index (χ1) is 14.9. The molecule has 0 saturated carbocycles. The molecule has 1 fully saturated rings. The summed E-state index contributed by atoms with van der Waals surface area (Å²) < 4.78 is 29.2. The fraction of sp³-hybridized carbons (Fsp3) is 0.381. The average molecular weight is 462 g/mol. The van der Waals surface area contributed by atoms with Gasteiger partial charge in [0, 0.05) is 31.4 Å². The number of carbonyl (C=O) groups excluding carboxylic acids is 1. The molecule has 164 valence electrons. The number of hydrogen-bond donors (Lipinski definition) is 0. The molecule has 31 heavy (non-hydrogen) atoms. The average Bonchev–Trinajstić information content (AvgIpc) is 3.41. The van der Waals surface area contributed by atoms with Crippen LogP contribution in [0.4, 0.5) is 0 Å². The van der Waals surface area contributed by atoms with Crippen molar-refractivity contribution in [2.75, 3.05) is 19.6 Å². The van der Waals surface area contributed by atoms with Crippen molar-refractivity contribution in [3.05, 3.63) is 59.0 Å². The molecule has 8 nitrogen and oxygen atoms in total. The fourth-order valence-electron chi connectivity index (χ4n) is 4.07. The summed E-state index contributed by atoms with van der Waals surface area (Å²) in [6.45, 7) is 4.73. The zero-order chi connectivity index (χ0) is 22.2. The van der Waals surface area contributed by atoms with Crippen molar-refractivity contribution >= 4 is 33.2 Å². The number of benzene rings is 1. The monoisotopic (exact) mass is 461 g/mol. The number of nitrogens with zero attached hydrogens (tertiary/aromatic N) is 5. The van der Waals surface area contributed by atoms with Crippen LogP contribution in [0.5, 0.6) is 0 Å². The Balaban J connectivity index is 1.69. The molecule has 0 spiro atoms. The van der Waals surface area contributed by atoms with Crippen molar-refractivity contribution in [1.29, 1.82) is 0 Å². The smallest absolute Gasteiger partial charge is 0.254 e. The Morgan fingerprint density at radius 1 is 1.19 bits per heavy atom. The lowest BCUT2D eigenvalue weighted by molar-refractivity contribution is 0.0729. The lowest BCUT2D eigenvalue weighted by atomic mass is 10.1. The van der Waals surface area contributed by atoms with Gasteiger partial charge in [-0.15, -0.1) is 10.2 Å².